The van der Waals surface area contributed by atoms with E-state index in [4.69, 9.17) is 5.73 Å². The molecule has 0 atom stereocenters. The van der Waals surface area contributed by atoms with Gasteiger partial charge in [-0.05, 0) is 54.1 Å². The summed E-state index contributed by atoms with van der Waals surface area (Å²) in [7, 11) is 0. The topological polar surface area (TPSA) is 50.1 Å². The lowest BCUT2D eigenvalue weighted by Gasteiger charge is -2.12. The summed E-state index contributed by atoms with van der Waals surface area (Å²) in [5, 5.41) is 6.76. The molecule has 0 bridgehead atoms. The second-order valence-electron chi connectivity index (χ2n) is 6.36. The normalized spacial score (nSPS) is 10.4. The number of benzene rings is 4. The molecule has 132 valence electrons. The first-order valence-electron chi connectivity index (χ1n) is 8.92. The van der Waals surface area contributed by atoms with Crippen LogP contribution < -0.4 is 16.4 Å². The molecule has 4 aromatic carbocycles. The fourth-order valence-electron chi connectivity index (χ4n) is 3.01. The van der Waals surface area contributed by atoms with E-state index in [1.54, 1.807) is 0 Å². The molecule has 0 saturated carbocycles. The van der Waals surface area contributed by atoms with E-state index in [1.165, 1.54) is 0 Å². The quantitative estimate of drug-likeness (QED) is 0.363. The summed E-state index contributed by atoms with van der Waals surface area (Å²) in [6.45, 7) is 0. The van der Waals surface area contributed by atoms with E-state index in [-0.39, 0.29) is 0 Å². The van der Waals surface area contributed by atoms with Gasteiger partial charge >= 0.3 is 0 Å². The maximum absolute atomic E-state index is 6.31. The predicted octanol–water partition coefficient (Wildman–Crippen LogP) is 6.42. The lowest BCUT2D eigenvalue weighted by molar-refractivity contribution is 1.52. The Morgan fingerprint density at radius 1 is 0.481 bits per heavy atom. The molecule has 3 heteroatoms. The zero-order chi connectivity index (χ0) is 18.5. The van der Waals surface area contributed by atoms with E-state index in [0.29, 0.717) is 0 Å². The van der Waals surface area contributed by atoms with Gasteiger partial charge in [0.1, 0.15) is 0 Å². The second kappa shape index (κ2) is 7.67. The molecule has 0 heterocycles. The van der Waals surface area contributed by atoms with Gasteiger partial charge in [0.2, 0.25) is 0 Å². The Kier molecular flexibility index (Phi) is 4.75. The highest BCUT2D eigenvalue weighted by atomic mass is 14.9. The summed E-state index contributed by atoms with van der Waals surface area (Å²) in [5.41, 5.74) is 13.3. The monoisotopic (exact) mass is 351 g/mol. The molecule has 4 rings (SSSR count). The van der Waals surface area contributed by atoms with Gasteiger partial charge in [-0.3, -0.25) is 0 Å². The average Bonchev–Trinajstić information content (AvgIpc) is 2.71. The van der Waals surface area contributed by atoms with Crippen LogP contribution in [0, 0.1) is 0 Å². The van der Waals surface area contributed by atoms with Crippen LogP contribution in [-0.4, -0.2) is 0 Å². The molecule has 0 saturated heterocycles. The molecule has 3 nitrogen and oxygen atoms in total. The van der Waals surface area contributed by atoms with Crippen LogP contribution in [0.1, 0.15) is 0 Å². The van der Waals surface area contributed by atoms with Crippen molar-refractivity contribution in [3.63, 3.8) is 0 Å². The molecule has 0 spiro atoms. The minimum atomic E-state index is 0.750. The molecule has 0 aliphatic heterocycles. The highest BCUT2D eigenvalue weighted by Crippen LogP contribution is 2.31. The standard InChI is InChI=1S/C24H21N3/c25-24-17-22(27-20-9-5-2-6-10-20)15-16-23(24)18-11-13-21(14-12-18)26-19-7-3-1-4-8-19/h1-17,26-27H,25H2. The van der Waals surface area contributed by atoms with Crippen molar-refractivity contribution in [2.45, 2.75) is 0 Å². The number of rotatable bonds is 5. The summed E-state index contributed by atoms with van der Waals surface area (Å²) in [6, 6.07) is 34.6. The van der Waals surface area contributed by atoms with E-state index in [9.17, 15) is 0 Å². The fraction of sp³-hybridized carbons (Fsp3) is 0. The van der Waals surface area contributed by atoms with E-state index in [2.05, 4.69) is 47.0 Å². The van der Waals surface area contributed by atoms with Crippen molar-refractivity contribution in [3.8, 4) is 11.1 Å². The van der Waals surface area contributed by atoms with Crippen molar-refractivity contribution in [2.24, 2.45) is 0 Å². The first-order chi connectivity index (χ1) is 13.3. The molecule has 0 radical (unpaired) electrons. The Labute approximate surface area is 159 Å². The largest absolute Gasteiger partial charge is 0.398 e. The molecule has 0 unspecified atom stereocenters. The van der Waals surface area contributed by atoms with Gasteiger partial charge in [0.25, 0.3) is 0 Å². The number of hydrogen-bond acceptors (Lipinski definition) is 3. The van der Waals surface area contributed by atoms with Gasteiger partial charge in [0.05, 0.1) is 0 Å². The van der Waals surface area contributed by atoms with Gasteiger partial charge in [0.15, 0.2) is 0 Å². The number of anilines is 5. The minimum absolute atomic E-state index is 0.750. The molecule has 4 N–H and O–H groups in total. The summed E-state index contributed by atoms with van der Waals surface area (Å²) >= 11 is 0. The molecule has 0 aliphatic rings. The Balaban J connectivity index is 1.51. The van der Waals surface area contributed by atoms with Crippen molar-refractivity contribution < 1.29 is 0 Å². The molecule has 0 aliphatic carbocycles. The highest BCUT2D eigenvalue weighted by Gasteiger charge is 2.05. The first-order valence-corrected chi connectivity index (χ1v) is 8.92. The third kappa shape index (κ3) is 4.10. The molecule has 0 aromatic heterocycles. The molecule has 4 aromatic rings. The zero-order valence-electron chi connectivity index (χ0n) is 14.9. The predicted molar refractivity (Wildman–Crippen MR) is 116 cm³/mol. The van der Waals surface area contributed by atoms with Crippen LogP contribution in [0.2, 0.25) is 0 Å². The van der Waals surface area contributed by atoms with Gasteiger partial charge in [-0.2, -0.15) is 0 Å². The third-order valence-electron chi connectivity index (χ3n) is 4.37. The second-order valence-corrected chi connectivity index (χ2v) is 6.36. The van der Waals surface area contributed by atoms with Crippen molar-refractivity contribution in [1.29, 1.82) is 0 Å². The van der Waals surface area contributed by atoms with Gasteiger partial charge in [-0.25, -0.2) is 0 Å². The summed E-state index contributed by atoms with van der Waals surface area (Å²) in [5.74, 6) is 0. The third-order valence-corrected chi connectivity index (χ3v) is 4.37. The van der Waals surface area contributed by atoms with Gasteiger partial charge in [-0.15, -0.1) is 0 Å². The zero-order valence-corrected chi connectivity index (χ0v) is 14.9. The van der Waals surface area contributed by atoms with Crippen molar-refractivity contribution in [2.75, 3.05) is 16.4 Å². The fourth-order valence-corrected chi connectivity index (χ4v) is 3.01. The SMILES string of the molecule is Nc1cc(Nc2ccccc2)ccc1-c1ccc(Nc2ccccc2)cc1. The Bertz CT molecular complexity index is 1010. The number of hydrogen-bond donors (Lipinski definition) is 3. The van der Waals surface area contributed by atoms with E-state index in [1.807, 2.05) is 66.7 Å². The maximum Gasteiger partial charge on any atom is 0.0414 e. The number of para-hydroxylation sites is 2. The molecular weight excluding hydrogens is 330 g/mol. The smallest absolute Gasteiger partial charge is 0.0414 e. The minimum Gasteiger partial charge on any atom is -0.398 e. The van der Waals surface area contributed by atoms with Crippen LogP contribution in [0.3, 0.4) is 0 Å². The molecule has 0 fully saturated rings. The van der Waals surface area contributed by atoms with E-state index < -0.39 is 0 Å². The number of nitrogens with one attached hydrogen (secondary N) is 2. The van der Waals surface area contributed by atoms with Crippen LogP contribution in [0.5, 0.6) is 0 Å². The van der Waals surface area contributed by atoms with Crippen LogP contribution in [0.4, 0.5) is 28.4 Å². The molecule has 27 heavy (non-hydrogen) atoms. The van der Waals surface area contributed by atoms with E-state index >= 15 is 0 Å². The lowest BCUT2D eigenvalue weighted by Crippen LogP contribution is -1.95. The highest BCUT2D eigenvalue weighted by molar-refractivity contribution is 5.81. The Morgan fingerprint density at radius 3 is 1.52 bits per heavy atom. The van der Waals surface area contributed by atoms with Crippen molar-refractivity contribution in [1.82, 2.24) is 0 Å². The van der Waals surface area contributed by atoms with Gasteiger partial charge < -0.3 is 16.4 Å². The van der Waals surface area contributed by atoms with E-state index in [0.717, 1.165) is 39.6 Å². The van der Waals surface area contributed by atoms with Crippen molar-refractivity contribution in [3.05, 3.63) is 103 Å². The van der Waals surface area contributed by atoms with Gasteiger partial charge in [-0.1, -0.05) is 54.6 Å². The average molecular weight is 351 g/mol. The lowest BCUT2D eigenvalue weighted by atomic mass is 10.0. The van der Waals surface area contributed by atoms with Gasteiger partial charge in [0, 0.05) is 34.0 Å². The van der Waals surface area contributed by atoms with Crippen molar-refractivity contribution >= 4 is 28.4 Å². The Hall–Kier alpha value is -3.72. The number of nitrogen functional groups attached to an aromatic ring is 1. The Morgan fingerprint density at radius 2 is 0.963 bits per heavy atom. The molecule has 0 amide bonds. The summed E-state index contributed by atoms with van der Waals surface area (Å²) in [6.07, 6.45) is 0. The van der Waals surface area contributed by atoms with Crippen LogP contribution in [0.15, 0.2) is 103 Å². The summed E-state index contributed by atoms with van der Waals surface area (Å²) in [4.78, 5) is 0. The van der Waals surface area contributed by atoms with Crippen LogP contribution >= 0.6 is 0 Å². The first kappa shape index (κ1) is 16.7. The molecular formula is C24H21N3. The number of nitrogens with two attached hydrogens (primary N) is 1. The maximum atomic E-state index is 6.31. The van der Waals surface area contributed by atoms with Crippen LogP contribution in [-0.2, 0) is 0 Å². The van der Waals surface area contributed by atoms with Crippen LogP contribution in [0.25, 0.3) is 11.1 Å². The summed E-state index contributed by atoms with van der Waals surface area (Å²) < 4.78 is 0.